The van der Waals surface area contributed by atoms with Crippen molar-refractivity contribution in [2.75, 3.05) is 7.11 Å². The molecule has 0 saturated carbocycles. The molecule has 128 valence electrons. The number of aryl methyl sites for hydroxylation is 1. The monoisotopic (exact) mass is 336 g/mol. The summed E-state index contributed by atoms with van der Waals surface area (Å²) in [6.45, 7) is 1.91. The first-order valence-electron chi connectivity index (χ1n) is 8.17. The van der Waals surface area contributed by atoms with Gasteiger partial charge in [-0.1, -0.05) is 18.2 Å². The number of hydrogen-bond acceptors (Lipinski definition) is 5. The number of para-hydroxylation sites is 2. The molecule has 0 aliphatic rings. The fourth-order valence-electron chi connectivity index (χ4n) is 2.60. The second kappa shape index (κ2) is 7.70. The van der Waals surface area contributed by atoms with Crippen molar-refractivity contribution in [3.05, 3.63) is 60.0 Å². The van der Waals surface area contributed by atoms with Gasteiger partial charge in [-0.05, 0) is 31.2 Å². The number of benzene rings is 1. The Hall–Kier alpha value is -3.02. The number of fused-ring (bicyclic) bond motifs is 1. The average molecular weight is 336 g/mol. The Balaban J connectivity index is 1.66. The minimum Gasteiger partial charge on any atom is -0.480 e. The Morgan fingerprint density at radius 3 is 2.52 bits per heavy atom. The zero-order chi connectivity index (χ0) is 17.6. The maximum Gasteiger partial charge on any atom is 0.235 e. The summed E-state index contributed by atoms with van der Waals surface area (Å²) in [5.74, 6) is 0.402. The van der Waals surface area contributed by atoms with Gasteiger partial charge in [0.2, 0.25) is 11.8 Å². The molecule has 25 heavy (non-hydrogen) atoms. The summed E-state index contributed by atoms with van der Waals surface area (Å²) >= 11 is 0. The molecular formula is C19H20N4O2. The third kappa shape index (κ3) is 4.09. The predicted octanol–water partition coefficient (Wildman–Crippen LogP) is 2.84. The van der Waals surface area contributed by atoms with Crippen molar-refractivity contribution in [2.24, 2.45) is 0 Å². The van der Waals surface area contributed by atoms with E-state index < -0.39 is 0 Å². The normalized spacial score (nSPS) is 11.9. The molecule has 0 aliphatic heterocycles. The van der Waals surface area contributed by atoms with E-state index in [1.807, 2.05) is 49.4 Å². The van der Waals surface area contributed by atoms with Crippen molar-refractivity contribution >= 4 is 16.9 Å². The minimum atomic E-state index is -0.140. The third-order valence-electron chi connectivity index (χ3n) is 3.90. The molecule has 1 N–H and O–H groups in total. The summed E-state index contributed by atoms with van der Waals surface area (Å²) in [4.78, 5) is 25.5. The number of aromatic nitrogens is 3. The summed E-state index contributed by atoms with van der Waals surface area (Å²) < 4.78 is 5.32. The van der Waals surface area contributed by atoms with E-state index in [0.29, 0.717) is 24.4 Å². The van der Waals surface area contributed by atoms with Crippen molar-refractivity contribution in [2.45, 2.75) is 25.8 Å². The molecule has 1 unspecified atom stereocenters. The van der Waals surface area contributed by atoms with Crippen molar-refractivity contribution in [1.29, 1.82) is 0 Å². The van der Waals surface area contributed by atoms with Crippen LogP contribution >= 0.6 is 0 Å². The molecule has 1 aromatic carbocycles. The summed E-state index contributed by atoms with van der Waals surface area (Å²) in [6.07, 6.45) is 2.48. The molecule has 2 heterocycles. The van der Waals surface area contributed by atoms with Gasteiger partial charge in [0.15, 0.2) is 0 Å². The van der Waals surface area contributed by atoms with Crippen LogP contribution in [0.15, 0.2) is 48.7 Å². The maximum atomic E-state index is 12.2. The number of carbonyl (C=O) groups is 1. The van der Waals surface area contributed by atoms with Crippen LogP contribution in [-0.4, -0.2) is 28.0 Å². The Bertz CT molecular complexity index is 868. The molecule has 0 fully saturated rings. The minimum absolute atomic E-state index is 0.0600. The zero-order valence-electron chi connectivity index (χ0n) is 14.3. The van der Waals surface area contributed by atoms with Crippen molar-refractivity contribution < 1.29 is 9.53 Å². The number of nitrogens with zero attached hydrogens (tertiary/aromatic N) is 3. The molecule has 0 bridgehead atoms. The lowest BCUT2D eigenvalue weighted by atomic mass is 10.1. The van der Waals surface area contributed by atoms with Crippen LogP contribution in [0, 0.1) is 0 Å². The standard InChI is InChI=1S/C19H20N4O2/c1-13(14-7-5-6-12-20-14)21-18(24)11-10-17-19(25-2)23-16-9-4-3-8-15(16)22-17/h3-9,12-13H,10-11H2,1-2H3,(H,21,24). The number of carbonyl (C=O) groups excluding carboxylic acids is 1. The lowest BCUT2D eigenvalue weighted by Gasteiger charge is -2.13. The second-order valence-corrected chi connectivity index (χ2v) is 5.71. The highest BCUT2D eigenvalue weighted by molar-refractivity contribution is 5.77. The van der Waals surface area contributed by atoms with Crippen LogP contribution in [0.25, 0.3) is 11.0 Å². The van der Waals surface area contributed by atoms with E-state index in [1.54, 1.807) is 13.3 Å². The number of ether oxygens (including phenoxy) is 1. The number of nitrogens with one attached hydrogen (secondary N) is 1. The van der Waals surface area contributed by atoms with Crippen LogP contribution in [-0.2, 0) is 11.2 Å². The summed E-state index contributed by atoms with van der Waals surface area (Å²) in [5.41, 5.74) is 3.08. The fourth-order valence-corrected chi connectivity index (χ4v) is 2.60. The van der Waals surface area contributed by atoms with Gasteiger partial charge in [-0.3, -0.25) is 9.78 Å². The maximum absolute atomic E-state index is 12.2. The molecule has 3 aromatic rings. The van der Waals surface area contributed by atoms with Crippen LogP contribution in [0.1, 0.15) is 30.8 Å². The van der Waals surface area contributed by atoms with E-state index in [9.17, 15) is 4.79 Å². The highest BCUT2D eigenvalue weighted by atomic mass is 16.5. The fraction of sp³-hybridized carbons (Fsp3) is 0.263. The van der Waals surface area contributed by atoms with Crippen LogP contribution in [0.2, 0.25) is 0 Å². The van der Waals surface area contributed by atoms with E-state index in [0.717, 1.165) is 16.7 Å². The van der Waals surface area contributed by atoms with Crippen molar-refractivity contribution in [1.82, 2.24) is 20.3 Å². The third-order valence-corrected chi connectivity index (χ3v) is 3.90. The van der Waals surface area contributed by atoms with Gasteiger partial charge in [0.1, 0.15) is 5.69 Å². The second-order valence-electron chi connectivity index (χ2n) is 5.71. The number of hydrogen-bond donors (Lipinski definition) is 1. The number of pyridine rings is 1. The quantitative estimate of drug-likeness (QED) is 0.749. The lowest BCUT2D eigenvalue weighted by Crippen LogP contribution is -2.27. The molecule has 0 radical (unpaired) electrons. The summed E-state index contributed by atoms with van der Waals surface area (Å²) in [6, 6.07) is 13.1. The number of methoxy groups -OCH3 is 1. The first kappa shape index (κ1) is 16.8. The van der Waals surface area contributed by atoms with E-state index in [2.05, 4.69) is 20.3 Å². The van der Waals surface area contributed by atoms with E-state index >= 15 is 0 Å². The average Bonchev–Trinajstić information content (AvgIpc) is 2.66. The molecule has 1 amide bonds. The predicted molar refractivity (Wildman–Crippen MR) is 95.2 cm³/mol. The van der Waals surface area contributed by atoms with Crippen LogP contribution in [0.3, 0.4) is 0 Å². The van der Waals surface area contributed by atoms with Gasteiger partial charge in [0.25, 0.3) is 0 Å². The summed E-state index contributed by atoms with van der Waals surface area (Å²) in [5, 5.41) is 2.95. The SMILES string of the molecule is COc1nc2ccccc2nc1CCC(=O)NC(C)c1ccccn1. The topological polar surface area (TPSA) is 77.0 Å². The highest BCUT2D eigenvalue weighted by Crippen LogP contribution is 2.20. The Morgan fingerprint density at radius 1 is 1.12 bits per heavy atom. The largest absolute Gasteiger partial charge is 0.480 e. The number of amides is 1. The van der Waals surface area contributed by atoms with Gasteiger partial charge >= 0.3 is 0 Å². The Kier molecular flexibility index (Phi) is 5.18. The molecule has 0 aliphatic carbocycles. The van der Waals surface area contributed by atoms with Crippen LogP contribution in [0.4, 0.5) is 0 Å². The summed E-state index contributed by atoms with van der Waals surface area (Å²) in [7, 11) is 1.56. The van der Waals surface area contributed by atoms with Crippen LogP contribution in [0.5, 0.6) is 5.88 Å². The van der Waals surface area contributed by atoms with Gasteiger partial charge < -0.3 is 10.1 Å². The molecule has 0 spiro atoms. The zero-order valence-corrected chi connectivity index (χ0v) is 14.3. The molecule has 0 saturated heterocycles. The van der Waals surface area contributed by atoms with Gasteiger partial charge in [-0.2, -0.15) is 0 Å². The van der Waals surface area contributed by atoms with E-state index in [4.69, 9.17) is 4.74 Å². The lowest BCUT2D eigenvalue weighted by molar-refractivity contribution is -0.121. The smallest absolute Gasteiger partial charge is 0.235 e. The molecule has 6 heteroatoms. The van der Waals surface area contributed by atoms with Gasteiger partial charge in [0, 0.05) is 19.0 Å². The molecule has 2 aromatic heterocycles. The Morgan fingerprint density at radius 2 is 1.84 bits per heavy atom. The van der Waals surface area contributed by atoms with Gasteiger partial charge in [0.05, 0.1) is 29.9 Å². The van der Waals surface area contributed by atoms with E-state index in [-0.39, 0.29) is 11.9 Å². The van der Waals surface area contributed by atoms with Crippen molar-refractivity contribution in [3.8, 4) is 5.88 Å². The van der Waals surface area contributed by atoms with Crippen molar-refractivity contribution in [3.63, 3.8) is 0 Å². The number of rotatable bonds is 6. The first-order valence-corrected chi connectivity index (χ1v) is 8.17. The molecule has 3 rings (SSSR count). The van der Waals surface area contributed by atoms with E-state index in [1.165, 1.54) is 0 Å². The first-order chi connectivity index (χ1) is 12.2. The molecular weight excluding hydrogens is 316 g/mol. The van der Waals surface area contributed by atoms with Gasteiger partial charge in [-0.25, -0.2) is 9.97 Å². The molecule has 1 atom stereocenters. The van der Waals surface area contributed by atoms with Crippen LogP contribution < -0.4 is 10.1 Å². The molecule has 6 nitrogen and oxygen atoms in total. The highest BCUT2D eigenvalue weighted by Gasteiger charge is 2.14. The van der Waals surface area contributed by atoms with Gasteiger partial charge in [-0.15, -0.1) is 0 Å². The Labute approximate surface area is 146 Å².